The van der Waals surface area contributed by atoms with Gasteiger partial charge in [-0.2, -0.15) is 5.06 Å². The van der Waals surface area contributed by atoms with E-state index in [0.717, 1.165) is 29.7 Å². The van der Waals surface area contributed by atoms with Gasteiger partial charge in [-0.25, -0.2) is 4.79 Å². The molecular weight excluding hydrogens is 318 g/mol. The average Bonchev–Trinajstić information content (AvgIpc) is 2.65. The number of methoxy groups -OCH3 is 1. The van der Waals surface area contributed by atoms with E-state index in [9.17, 15) is 10.0 Å². The number of benzene rings is 2. The van der Waals surface area contributed by atoms with Crippen LogP contribution < -0.4 is 9.80 Å². The molecule has 0 heterocycles. The molecule has 0 bridgehead atoms. The van der Waals surface area contributed by atoms with E-state index in [4.69, 9.17) is 4.74 Å². The fourth-order valence-electron chi connectivity index (χ4n) is 2.58. The van der Waals surface area contributed by atoms with Crippen LogP contribution in [0.1, 0.15) is 36.1 Å². The Morgan fingerprint density at radius 1 is 1.08 bits per heavy atom. The zero-order chi connectivity index (χ0) is 18.4. The van der Waals surface area contributed by atoms with Gasteiger partial charge >= 0.3 is 6.09 Å². The number of amides is 1. The van der Waals surface area contributed by atoms with E-state index in [-0.39, 0.29) is 6.61 Å². The van der Waals surface area contributed by atoms with Crippen molar-refractivity contribution in [3.8, 4) is 5.75 Å². The Bertz CT molecular complexity index is 742. The fourth-order valence-corrected chi connectivity index (χ4v) is 2.58. The van der Waals surface area contributed by atoms with Crippen molar-refractivity contribution < 1.29 is 19.5 Å². The van der Waals surface area contributed by atoms with Gasteiger partial charge in [0.15, 0.2) is 0 Å². The highest BCUT2D eigenvalue weighted by Gasteiger charge is 2.18. The summed E-state index contributed by atoms with van der Waals surface area (Å²) in [5.41, 5.74) is 4.38. The SMILES string of the molecule is CCc1ccc(OCc2ccc(CC)cc2N(O)C(=O)OC)c(C)c1. The molecule has 0 spiro atoms. The predicted molar refractivity (Wildman–Crippen MR) is 97.4 cm³/mol. The van der Waals surface area contributed by atoms with E-state index in [1.54, 1.807) is 6.07 Å². The molecule has 2 rings (SSSR count). The van der Waals surface area contributed by atoms with E-state index in [1.165, 1.54) is 12.7 Å². The predicted octanol–water partition coefficient (Wildman–Crippen LogP) is 4.66. The summed E-state index contributed by atoms with van der Waals surface area (Å²) in [4.78, 5) is 11.7. The number of ether oxygens (including phenoxy) is 2. The second-order valence-corrected chi connectivity index (χ2v) is 5.84. The fraction of sp³-hybridized carbons (Fsp3) is 0.350. The molecule has 0 aromatic heterocycles. The molecule has 0 aliphatic heterocycles. The summed E-state index contributed by atoms with van der Waals surface area (Å²) in [6, 6.07) is 11.7. The third-order valence-electron chi connectivity index (χ3n) is 4.16. The lowest BCUT2D eigenvalue weighted by molar-refractivity contribution is 0.140. The van der Waals surface area contributed by atoms with Crippen LogP contribution in [0.15, 0.2) is 36.4 Å². The summed E-state index contributed by atoms with van der Waals surface area (Å²) in [6.07, 6.45) is 0.932. The average molecular weight is 343 g/mol. The van der Waals surface area contributed by atoms with Gasteiger partial charge in [0, 0.05) is 5.56 Å². The zero-order valence-electron chi connectivity index (χ0n) is 15.2. The summed E-state index contributed by atoms with van der Waals surface area (Å²) in [5, 5.41) is 10.6. The van der Waals surface area contributed by atoms with Crippen molar-refractivity contribution in [2.24, 2.45) is 0 Å². The summed E-state index contributed by atoms with van der Waals surface area (Å²) >= 11 is 0. The molecule has 0 radical (unpaired) electrons. The molecule has 0 aliphatic carbocycles. The van der Waals surface area contributed by atoms with E-state index in [2.05, 4.69) is 17.7 Å². The Hall–Kier alpha value is -2.53. The second-order valence-electron chi connectivity index (χ2n) is 5.84. The molecule has 5 nitrogen and oxygen atoms in total. The molecule has 2 aromatic rings. The largest absolute Gasteiger partial charge is 0.489 e. The van der Waals surface area contributed by atoms with Gasteiger partial charge in [-0.15, -0.1) is 0 Å². The van der Waals surface area contributed by atoms with Crippen molar-refractivity contribution in [3.05, 3.63) is 58.7 Å². The Kier molecular flexibility index (Phi) is 6.42. The highest BCUT2D eigenvalue weighted by molar-refractivity contribution is 5.86. The van der Waals surface area contributed by atoms with Crippen LogP contribution in [0.25, 0.3) is 0 Å². The normalized spacial score (nSPS) is 10.4. The third-order valence-corrected chi connectivity index (χ3v) is 4.16. The smallest absolute Gasteiger partial charge is 0.438 e. The molecule has 1 amide bonds. The molecule has 134 valence electrons. The van der Waals surface area contributed by atoms with Crippen molar-refractivity contribution in [1.29, 1.82) is 0 Å². The highest BCUT2D eigenvalue weighted by atomic mass is 16.6. The van der Waals surface area contributed by atoms with Crippen LogP contribution in [0.3, 0.4) is 0 Å². The Labute approximate surface area is 148 Å². The minimum Gasteiger partial charge on any atom is -0.489 e. The number of nitrogens with zero attached hydrogens (tertiary/aromatic N) is 1. The van der Waals surface area contributed by atoms with E-state index >= 15 is 0 Å². The summed E-state index contributed by atoms with van der Waals surface area (Å²) in [5.74, 6) is 0.783. The summed E-state index contributed by atoms with van der Waals surface area (Å²) in [7, 11) is 1.23. The molecule has 2 aromatic carbocycles. The van der Waals surface area contributed by atoms with Crippen molar-refractivity contribution in [2.75, 3.05) is 12.2 Å². The number of anilines is 1. The highest BCUT2D eigenvalue weighted by Crippen LogP contribution is 2.26. The number of hydrogen-bond donors (Lipinski definition) is 1. The molecule has 1 N–H and O–H groups in total. The summed E-state index contributed by atoms with van der Waals surface area (Å²) < 4.78 is 10.5. The van der Waals surface area contributed by atoms with E-state index in [1.807, 2.05) is 38.1 Å². The quantitative estimate of drug-likeness (QED) is 0.612. The third kappa shape index (κ3) is 4.51. The molecule has 0 aliphatic rings. The van der Waals surface area contributed by atoms with Crippen LogP contribution in [0.2, 0.25) is 0 Å². The van der Waals surface area contributed by atoms with E-state index < -0.39 is 6.09 Å². The molecule has 0 atom stereocenters. The maximum Gasteiger partial charge on any atom is 0.438 e. The maximum atomic E-state index is 11.7. The Balaban J connectivity index is 2.25. The molecule has 0 saturated heterocycles. The number of rotatable bonds is 6. The molecule has 5 heteroatoms. The van der Waals surface area contributed by atoms with Gasteiger partial charge < -0.3 is 9.47 Å². The van der Waals surface area contributed by atoms with Gasteiger partial charge in [-0.3, -0.25) is 5.21 Å². The topological polar surface area (TPSA) is 59.0 Å². The van der Waals surface area contributed by atoms with Crippen molar-refractivity contribution in [2.45, 2.75) is 40.2 Å². The number of hydrogen-bond acceptors (Lipinski definition) is 4. The lowest BCUT2D eigenvalue weighted by atomic mass is 10.1. The van der Waals surface area contributed by atoms with Crippen molar-refractivity contribution in [1.82, 2.24) is 0 Å². The standard InChI is InChI=1S/C20H25NO4/c1-5-15-8-10-19(14(3)11-15)25-13-17-9-7-16(6-2)12-18(17)21(23)20(22)24-4/h7-12,23H,5-6,13H2,1-4H3. The Morgan fingerprint density at radius 2 is 1.72 bits per heavy atom. The molecule has 0 saturated carbocycles. The molecule has 0 unspecified atom stereocenters. The number of carbonyl (C=O) groups is 1. The minimum atomic E-state index is -0.835. The first-order chi connectivity index (χ1) is 12.0. The first-order valence-electron chi connectivity index (χ1n) is 8.41. The molecule has 25 heavy (non-hydrogen) atoms. The maximum absolute atomic E-state index is 11.7. The first-order valence-corrected chi connectivity index (χ1v) is 8.41. The first kappa shape index (κ1) is 18.8. The van der Waals surface area contributed by atoms with Gasteiger partial charge in [0.1, 0.15) is 12.4 Å². The van der Waals surface area contributed by atoms with E-state index in [0.29, 0.717) is 16.3 Å². The van der Waals surface area contributed by atoms with Gasteiger partial charge in [0.25, 0.3) is 0 Å². The zero-order valence-corrected chi connectivity index (χ0v) is 15.2. The van der Waals surface area contributed by atoms with Gasteiger partial charge in [0.05, 0.1) is 12.8 Å². The lowest BCUT2D eigenvalue weighted by Crippen LogP contribution is -2.28. The van der Waals surface area contributed by atoms with Crippen LogP contribution >= 0.6 is 0 Å². The Morgan fingerprint density at radius 3 is 2.32 bits per heavy atom. The number of carbonyl (C=O) groups excluding carboxylic acids is 1. The van der Waals surface area contributed by atoms with Crippen LogP contribution in [-0.2, 0) is 24.2 Å². The monoisotopic (exact) mass is 343 g/mol. The van der Waals surface area contributed by atoms with Crippen LogP contribution in [-0.4, -0.2) is 18.4 Å². The summed E-state index contributed by atoms with van der Waals surface area (Å²) in [6.45, 7) is 6.36. The van der Waals surface area contributed by atoms with Gasteiger partial charge in [-0.05, 0) is 48.6 Å². The number of aryl methyl sites for hydroxylation is 3. The molecular formula is C20H25NO4. The minimum absolute atomic E-state index is 0.236. The lowest BCUT2D eigenvalue weighted by Gasteiger charge is -2.19. The van der Waals surface area contributed by atoms with Crippen LogP contribution in [0, 0.1) is 6.92 Å². The van der Waals surface area contributed by atoms with Crippen LogP contribution in [0.5, 0.6) is 5.75 Å². The van der Waals surface area contributed by atoms with Crippen LogP contribution in [0.4, 0.5) is 10.5 Å². The van der Waals surface area contributed by atoms with Crippen molar-refractivity contribution >= 4 is 11.8 Å². The second kappa shape index (κ2) is 8.53. The molecule has 0 fully saturated rings. The van der Waals surface area contributed by atoms with Crippen molar-refractivity contribution in [3.63, 3.8) is 0 Å². The van der Waals surface area contributed by atoms with Gasteiger partial charge in [0.2, 0.25) is 0 Å². The number of hydroxylamine groups is 1. The van der Waals surface area contributed by atoms with Gasteiger partial charge in [-0.1, -0.05) is 38.1 Å².